The fourth-order valence-corrected chi connectivity index (χ4v) is 3.84. The van der Waals surface area contributed by atoms with Crippen LogP contribution in [-0.2, 0) is 11.3 Å². The van der Waals surface area contributed by atoms with Gasteiger partial charge in [0.1, 0.15) is 15.4 Å². The first-order chi connectivity index (χ1) is 8.86. The zero-order valence-corrected chi connectivity index (χ0v) is 10.9. The van der Waals surface area contributed by atoms with E-state index in [-0.39, 0.29) is 0 Å². The molecule has 1 spiro atoms. The molecule has 1 atom stereocenters. The summed E-state index contributed by atoms with van der Waals surface area (Å²) in [6.07, 6.45) is 4.28. The quantitative estimate of drug-likeness (QED) is 0.829. The van der Waals surface area contributed by atoms with Gasteiger partial charge in [-0.05, 0) is 25.0 Å². The van der Waals surface area contributed by atoms with Crippen molar-refractivity contribution in [2.45, 2.75) is 24.9 Å². The predicted octanol–water partition coefficient (Wildman–Crippen LogP) is 2.06. The normalized spacial score (nSPS) is 28.0. The molecule has 0 radical (unpaired) electrons. The summed E-state index contributed by atoms with van der Waals surface area (Å²) in [5.41, 5.74) is 1.35. The van der Waals surface area contributed by atoms with Gasteiger partial charge in [0.25, 0.3) is 0 Å². The highest BCUT2D eigenvalue weighted by Gasteiger charge is 2.47. The Bertz CT molecular complexity index is 543. The summed E-state index contributed by atoms with van der Waals surface area (Å²) in [6.45, 7) is 3.94. The van der Waals surface area contributed by atoms with Gasteiger partial charge in [-0.1, -0.05) is 11.3 Å². The van der Waals surface area contributed by atoms with Gasteiger partial charge in [-0.2, -0.15) is 0 Å². The van der Waals surface area contributed by atoms with Crippen LogP contribution in [0, 0.1) is 0 Å². The maximum atomic E-state index is 5.56. The van der Waals surface area contributed by atoms with Gasteiger partial charge in [0.05, 0.1) is 13.2 Å². The maximum Gasteiger partial charge on any atom is 0.143 e. The first-order valence-electron chi connectivity index (χ1n) is 6.39. The lowest BCUT2D eigenvalue weighted by atomic mass is 9.84. The van der Waals surface area contributed by atoms with E-state index >= 15 is 0 Å². The first-order valence-corrected chi connectivity index (χ1v) is 7.21. The van der Waals surface area contributed by atoms with E-state index in [9.17, 15) is 0 Å². The molecule has 4 nitrogen and oxygen atoms in total. The van der Waals surface area contributed by atoms with E-state index in [1.165, 1.54) is 24.4 Å². The summed E-state index contributed by atoms with van der Waals surface area (Å²) < 4.78 is 5.56. The van der Waals surface area contributed by atoms with Gasteiger partial charge in [0, 0.05) is 24.9 Å². The Morgan fingerprint density at radius 1 is 1.44 bits per heavy atom. The zero-order valence-electron chi connectivity index (χ0n) is 10.1. The van der Waals surface area contributed by atoms with E-state index in [1.807, 2.05) is 18.3 Å². The van der Waals surface area contributed by atoms with Crippen LogP contribution >= 0.6 is 11.3 Å². The Balaban J connectivity index is 1.57. The number of rotatable bonds is 2. The first kappa shape index (κ1) is 10.8. The molecule has 0 saturated carbocycles. The van der Waals surface area contributed by atoms with Crippen molar-refractivity contribution >= 4 is 21.7 Å². The summed E-state index contributed by atoms with van der Waals surface area (Å²) in [6, 6.07) is 3.98. The minimum atomic E-state index is 0.325. The zero-order chi connectivity index (χ0) is 12.0. The second kappa shape index (κ2) is 3.98. The molecular weight excluding hydrogens is 246 g/mol. The van der Waals surface area contributed by atoms with Crippen LogP contribution in [0.3, 0.4) is 0 Å². The highest BCUT2D eigenvalue weighted by molar-refractivity contribution is 7.18. The smallest absolute Gasteiger partial charge is 0.143 e. The molecule has 0 aliphatic carbocycles. The van der Waals surface area contributed by atoms with Crippen molar-refractivity contribution in [1.82, 2.24) is 14.9 Å². The third-order valence-corrected chi connectivity index (χ3v) is 5.10. The van der Waals surface area contributed by atoms with Crippen LogP contribution in [-0.4, -0.2) is 40.2 Å². The van der Waals surface area contributed by atoms with Crippen molar-refractivity contribution in [1.29, 1.82) is 0 Å². The Hall–Kier alpha value is -1.04. The van der Waals surface area contributed by atoms with Crippen molar-refractivity contribution in [2.75, 3.05) is 19.8 Å². The van der Waals surface area contributed by atoms with Crippen molar-refractivity contribution in [3.8, 4) is 0 Å². The lowest BCUT2D eigenvalue weighted by Gasteiger charge is -2.49. The molecule has 2 aromatic heterocycles. The number of likely N-dealkylation sites (tertiary alicyclic amines) is 1. The maximum absolute atomic E-state index is 5.56. The number of fused-ring (bicyclic) bond motifs is 1. The van der Waals surface area contributed by atoms with Gasteiger partial charge in [0.15, 0.2) is 0 Å². The van der Waals surface area contributed by atoms with Gasteiger partial charge in [-0.15, -0.1) is 0 Å². The highest BCUT2D eigenvalue weighted by atomic mass is 32.1. The molecule has 2 aliphatic heterocycles. The molecule has 0 amide bonds. The average Bonchev–Trinajstić information content (AvgIpc) is 3.02. The van der Waals surface area contributed by atoms with Crippen LogP contribution in [0.1, 0.15) is 17.8 Å². The van der Waals surface area contributed by atoms with Crippen molar-refractivity contribution in [2.24, 2.45) is 0 Å². The number of aromatic nitrogens is 2. The van der Waals surface area contributed by atoms with E-state index in [2.05, 4.69) is 14.9 Å². The summed E-state index contributed by atoms with van der Waals surface area (Å²) >= 11 is 1.71. The lowest BCUT2D eigenvalue weighted by molar-refractivity contribution is -0.0275. The minimum Gasteiger partial charge on any atom is -0.379 e. The van der Waals surface area contributed by atoms with E-state index in [1.54, 1.807) is 11.3 Å². The lowest BCUT2D eigenvalue weighted by Crippen LogP contribution is -2.59. The van der Waals surface area contributed by atoms with E-state index in [0.717, 1.165) is 30.1 Å². The van der Waals surface area contributed by atoms with Crippen LogP contribution in [0.5, 0.6) is 0 Å². The predicted molar refractivity (Wildman–Crippen MR) is 70.6 cm³/mol. The molecule has 0 bridgehead atoms. The standard InChI is InChI=1S/C13H15N3OS/c1-2-10-12(14-5-1)18-11(15-10)8-16-6-3-13(16)4-7-17-9-13/h1-2,5H,3-4,6-9H2. The Morgan fingerprint density at radius 2 is 2.44 bits per heavy atom. The van der Waals surface area contributed by atoms with E-state index < -0.39 is 0 Å². The second-order valence-electron chi connectivity index (χ2n) is 5.13. The molecule has 2 aliphatic rings. The third kappa shape index (κ3) is 1.58. The summed E-state index contributed by atoms with van der Waals surface area (Å²) in [5, 5.41) is 1.18. The topological polar surface area (TPSA) is 38.2 Å². The van der Waals surface area contributed by atoms with Crippen LogP contribution in [0.25, 0.3) is 10.3 Å². The van der Waals surface area contributed by atoms with Gasteiger partial charge in [-0.25, -0.2) is 9.97 Å². The summed E-state index contributed by atoms with van der Waals surface area (Å²) in [7, 11) is 0. The van der Waals surface area contributed by atoms with Crippen LogP contribution in [0.15, 0.2) is 18.3 Å². The number of pyridine rings is 1. The number of hydrogen-bond acceptors (Lipinski definition) is 5. The van der Waals surface area contributed by atoms with Gasteiger partial charge in [0.2, 0.25) is 0 Å². The fourth-order valence-electron chi connectivity index (χ4n) is 2.92. The van der Waals surface area contributed by atoms with Gasteiger partial charge in [-0.3, -0.25) is 4.90 Å². The molecule has 5 heteroatoms. The molecule has 4 rings (SSSR count). The number of hydrogen-bond donors (Lipinski definition) is 0. The molecule has 2 aromatic rings. The summed E-state index contributed by atoms with van der Waals surface area (Å²) in [4.78, 5) is 12.6. The van der Waals surface area contributed by atoms with Crippen LogP contribution in [0.2, 0.25) is 0 Å². The molecule has 4 heterocycles. The Kier molecular flexibility index (Phi) is 2.40. The third-order valence-electron chi connectivity index (χ3n) is 4.14. The highest BCUT2D eigenvalue weighted by Crippen LogP contribution is 2.39. The van der Waals surface area contributed by atoms with E-state index in [4.69, 9.17) is 4.74 Å². The minimum absolute atomic E-state index is 0.325. The molecule has 0 N–H and O–H groups in total. The Labute approximate surface area is 110 Å². The van der Waals surface area contributed by atoms with Crippen molar-refractivity contribution in [3.63, 3.8) is 0 Å². The molecular formula is C13H15N3OS. The number of nitrogens with zero attached hydrogens (tertiary/aromatic N) is 3. The molecule has 1 unspecified atom stereocenters. The molecule has 94 valence electrons. The van der Waals surface area contributed by atoms with Crippen molar-refractivity contribution in [3.05, 3.63) is 23.3 Å². The monoisotopic (exact) mass is 261 g/mol. The van der Waals surface area contributed by atoms with Crippen LogP contribution < -0.4 is 0 Å². The number of ether oxygens (including phenoxy) is 1. The molecule has 2 fully saturated rings. The van der Waals surface area contributed by atoms with E-state index in [0.29, 0.717) is 5.54 Å². The molecule has 18 heavy (non-hydrogen) atoms. The van der Waals surface area contributed by atoms with Crippen molar-refractivity contribution < 1.29 is 4.74 Å². The van der Waals surface area contributed by atoms with Crippen LogP contribution in [0.4, 0.5) is 0 Å². The van der Waals surface area contributed by atoms with Gasteiger partial charge < -0.3 is 4.74 Å². The second-order valence-corrected chi connectivity index (χ2v) is 6.20. The number of thiazole rings is 1. The van der Waals surface area contributed by atoms with Gasteiger partial charge >= 0.3 is 0 Å². The largest absolute Gasteiger partial charge is 0.379 e. The average molecular weight is 261 g/mol. The summed E-state index contributed by atoms with van der Waals surface area (Å²) in [5.74, 6) is 0. The fraction of sp³-hybridized carbons (Fsp3) is 0.538. The Morgan fingerprint density at radius 3 is 3.17 bits per heavy atom. The molecule has 2 saturated heterocycles. The SMILES string of the molecule is c1cnc2sc(CN3CCC34CCOC4)nc2c1. The molecule has 0 aromatic carbocycles.